The fourth-order valence-electron chi connectivity index (χ4n) is 7.59. The van der Waals surface area contributed by atoms with Crippen molar-refractivity contribution >= 4 is 84.9 Å². The van der Waals surface area contributed by atoms with E-state index in [2.05, 4.69) is 93.5 Å². The Balaban J connectivity index is 0.000000176. The number of halogens is 3. The Kier molecular flexibility index (Phi) is 13.6. The predicted molar refractivity (Wildman–Crippen MR) is 246 cm³/mol. The standard InChI is InChI=1S/C22H27BrN10O2.C18H20BrN9.ClH/c1-22(2,3)35-21(34)30-9-6-17(7-10-30)33-14-16(27-29-33)13-31-12-15(11-24-31)25-20-26-19-18(23)5-4-8-32(19)28-20;19-16-7-4-8-27-17(16)22-18(24-27)21-13-9-20-26(10-13)11-14-12-28(25-23-14)15-5-2-1-3-6-15;/h4-5,8,11-12,14,17H,6-7,9-10,13H2,1-3H3,(H,25,28);4,7-10,12,15H,1-3,5-6,11H2,(H,21,24);1H. The second-order valence-electron chi connectivity index (χ2n) is 16.6. The molecule has 0 bridgehead atoms. The molecule has 1 saturated carbocycles. The van der Waals surface area contributed by atoms with E-state index in [1.165, 1.54) is 32.1 Å². The van der Waals surface area contributed by atoms with E-state index in [0.29, 0.717) is 44.1 Å². The van der Waals surface area contributed by atoms with Crippen LogP contribution in [0.15, 0.2) is 82.8 Å². The number of nitrogens with one attached hydrogen (secondary N) is 2. The molecule has 336 valence electrons. The Hall–Kier alpha value is -5.94. The molecule has 21 nitrogen and oxygen atoms in total. The molecule has 64 heavy (non-hydrogen) atoms. The van der Waals surface area contributed by atoms with E-state index in [-0.39, 0.29) is 24.5 Å². The summed E-state index contributed by atoms with van der Waals surface area (Å²) in [5.74, 6) is 1.01. The third-order valence-electron chi connectivity index (χ3n) is 10.6. The van der Waals surface area contributed by atoms with Gasteiger partial charge in [0.15, 0.2) is 11.3 Å². The molecule has 0 atom stereocenters. The van der Waals surface area contributed by atoms with E-state index in [9.17, 15) is 4.79 Å². The first kappa shape index (κ1) is 44.7. The molecule has 1 amide bonds. The summed E-state index contributed by atoms with van der Waals surface area (Å²) in [5.41, 5.74) is 4.33. The molecular formula is C40H48Br2ClN19O2. The molecule has 0 spiro atoms. The molecule has 9 heterocycles. The van der Waals surface area contributed by atoms with Crippen LogP contribution in [0.1, 0.15) is 89.2 Å². The fraction of sp³-hybridized carbons (Fsp3) is 0.425. The normalized spacial score (nSPS) is 14.9. The highest BCUT2D eigenvalue weighted by Gasteiger charge is 2.28. The maximum atomic E-state index is 12.3. The Morgan fingerprint density at radius 3 is 1.67 bits per heavy atom. The van der Waals surface area contributed by atoms with Gasteiger partial charge in [-0.3, -0.25) is 9.36 Å². The molecule has 0 aromatic carbocycles. The van der Waals surface area contributed by atoms with Crippen molar-refractivity contribution in [3.05, 3.63) is 94.2 Å². The van der Waals surface area contributed by atoms with Gasteiger partial charge in [-0.1, -0.05) is 29.7 Å². The smallest absolute Gasteiger partial charge is 0.410 e. The maximum absolute atomic E-state index is 12.3. The Morgan fingerprint density at radius 1 is 0.719 bits per heavy atom. The highest BCUT2D eigenvalue weighted by molar-refractivity contribution is 9.11. The second-order valence-corrected chi connectivity index (χ2v) is 18.3. The minimum atomic E-state index is -0.489. The lowest BCUT2D eigenvalue weighted by Gasteiger charge is -2.33. The van der Waals surface area contributed by atoms with Crippen molar-refractivity contribution in [2.75, 3.05) is 23.7 Å². The highest BCUT2D eigenvalue weighted by Crippen LogP contribution is 2.28. The Labute approximate surface area is 390 Å². The van der Waals surface area contributed by atoms with Gasteiger partial charge in [0.1, 0.15) is 17.0 Å². The first-order valence-corrected chi connectivity index (χ1v) is 22.5. The van der Waals surface area contributed by atoms with Crippen LogP contribution in [0.25, 0.3) is 11.3 Å². The van der Waals surface area contributed by atoms with Crippen molar-refractivity contribution in [1.82, 2.24) is 83.6 Å². The second kappa shape index (κ2) is 19.4. The number of anilines is 4. The molecule has 10 rings (SSSR count). The highest BCUT2D eigenvalue weighted by atomic mass is 79.9. The molecule has 1 aliphatic heterocycles. The van der Waals surface area contributed by atoms with Gasteiger partial charge >= 0.3 is 6.09 Å². The number of fused-ring (bicyclic) bond motifs is 2. The van der Waals surface area contributed by atoms with Gasteiger partial charge < -0.3 is 20.3 Å². The monoisotopic (exact) mass is 1020 g/mol. The van der Waals surface area contributed by atoms with Crippen molar-refractivity contribution < 1.29 is 9.53 Å². The van der Waals surface area contributed by atoms with Gasteiger partial charge in [0.05, 0.1) is 70.3 Å². The number of pyridine rings is 2. The fourth-order valence-corrected chi connectivity index (χ4v) is 8.43. The van der Waals surface area contributed by atoms with Crippen molar-refractivity contribution in [3.8, 4) is 0 Å². The number of hydrogen-bond donors (Lipinski definition) is 2. The molecule has 2 fully saturated rings. The number of amides is 1. The molecule has 2 aliphatic rings. The van der Waals surface area contributed by atoms with Gasteiger partial charge in [-0.15, -0.1) is 32.8 Å². The molecule has 2 N–H and O–H groups in total. The molecule has 1 saturated heterocycles. The quantitative estimate of drug-likeness (QED) is 0.135. The predicted octanol–water partition coefficient (Wildman–Crippen LogP) is 7.64. The van der Waals surface area contributed by atoms with Crippen LogP contribution in [-0.4, -0.2) is 108 Å². The largest absolute Gasteiger partial charge is 0.444 e. The van der Waals surface area contributed by atoms with E-state index in [4.69, 9.17) is 4.74 Å². The van der Waals surface area contributed by atoms with Gasteiger partial charge in [0.2, 0.25) is 11.9 Å². The molecule has 8 aromatic heterocycles. The van der Waals surface area contributed by atoms with Gasteiger partial charge in [-0.05, 0) is 103 Å². The summed E-state index contributed by atoms with van der Waals surface area (Å²) in [6.07, 6.45) is 22.6. The van der Waals surface area contributed by atoms with Crippen molar-refractivity contribution in [2.24, 2.45) is 0 Å². The number of hydrogen-bond acceptors (Lipinski definition) is 14. The van der Waals surface area contributed by atoms with E-state index >= 15 is 0 Å². The number of likely N-dealkylation sites (tertiary alicyclic amines) is 1. The maximum Gasteiger partial charge on any atom is 0.410 e. The minimum absolute atomic E-state index is 0. The molecule has 1 aliphatic carbocycles. The van der Waals surface area contributed by atoms with Crippen LogP contribution < -0.4 is 10.6 Å². The zero-order valence-corrected chi connectivity index (χ0v) is 39.4. The summed E-state index contributed by atoms with van der Waals surface area (Å²) in [5, 5.41) is 41.3. The lowest BCUT2D eigenvalue weighted by Crippen LogP contribution is -2.42. The number of aromatic nitrogens is 16. The summed E-state index contributed by atoms with van der Waals surface area (Å²) in [6.45, 7) is 7.97. The van der Waals surface area contributed by atoms with Crippen LogP contribution >= 0.6 is 44.3 Å². The number of rotatable bonds is 10. The summed E-state index contributed by atoms with van der Waals surface area (Å²) in [6, 6.07) is 8.35. The average molecular weight is 1020 g/mol. The first-order valence-electron chi connectivity index (χ1n) is 20.9. The summed E-state index contributed by atoms with van der Waals surface area (Å²) in [7, 11) is 0. The Morgan fingerprint density at radius 2 is 1.20 bits per heavy atom. The van der Waals surface area contributed by atoms with Crippen molar-refractivity contribution in [1.29, 1.82) is 0 Å². The topological polar surface area (TPSA) is 211 Å². The number of nitrogens with zero attached hydrogens (tertiary/aromatic N) is 17. The molecule has 24 heteroatoms. The van der Waals surface area contributed by atoms with Crippen LogP contribution in [-0.2, 0) is 17.8 Å². The van der Waals surface area contributed by atoms with Crippen LogP contribution in [0, 0.1) is 0 Å². The Bertz CT molecular complexity index is 2810. The number of carbonyl (C=O) groups excluding carboxylic acids is 1. The summed E-state index contributed by atoms with van der Waals surface area (Å²) >= 11 is 6.97. The minimum Gasteiger partial charge on any atom is -0.444 e. The zero-order chi connectivity index (χ0) is 43.5. The molecule has 0 unspecified atom stereocenters. The molecule has 8 aromatic rings. The average Bonchev–Trinajstić information content (AvgIpc) is 4.13. The van der Waals surface area contributed by atoms with E-state index in [0.717, 1.165) is 55.8 Å². The lowest BCUT2D eigenvalue weighted by molar-refractivity contribution is 0.0184. The van der Waals surface area contributed by atoms with Gasteiger partial charge in [0, 0.05) is 37.9 Å². The third-order valence-corrected chi connectivity index (χ3v) is 11.8. The van der Waals surface area contributed by atoms with Gasteiger partial charge in [0.25, 0.3) is 0 Å². The molecule has 0 radical (unpaired) electrons. The van der Waals surface area contributed by atoms with Gasteiger partial charge in [-0.25, -0.2) is 23.2 Å². The van der Waals surface area contributed by atoms with E-state index < -0.39 is 5.60 Å². The van der Waals surface area contributed by atoms with Crippen LogP contribution in [0.4, 0.5) is 28.1 Å². The van der Waals surface area contributed by atoms with Crippen LogP contribution in [0.5, 0.6) is 0 Å². The van der Waals surface area contributed by atoms with E-state index in [1.807, 2.05) is 96.3 Å². The van der Waals surface area contributed by atoms with Crippen molar-refractivity contribution in [2.45, 2.75) is 96.5 Å². The summed E-state index contributed by atoms with van der Waals surface area (Å²) in [4.78, 5) is 23.0. The van der Waals surface area contributed by atoms with Gasteiger partial charge in [-0.2, -0.15) is 20.2 Å². The number of ether oxygens (including phenoxy) is 1. The lowest BCUT2D eigenvalue weighted by atomic mass is 9.96. The number of carbonyl (C=O) groups is 1. The SMILES string of the molecule is Brc1cccn2nc(Nc3cnn(Cc4cn(C5CCCCC5)nn4)c3)nc12.CC(C)(C)OC(=O)N1CCC(n2cc(Cn3cc(Nc4nc5c(Br)cccn5n4)cn3)nn2)CC1.Cl. The summed E-state index contributed by atoms with van der Waals surface area (Å²) < 4.78 is 18.2. The first-order chi connectivity index (χ1) is 30.5. The van der Waals surface area contributed by atoms with Crippen LogP contribution in [0.2, 0.25) is 0 Å². The van der Waals surface area contributed by atoms with Crippen LogP contribution in [0.3, 0.4) is 0 Å². The van der Waals surface area contributed by atoms with E-state index in [1.54, 1.807) is 31.0 Å². The number of piperidine rings is 1. The zero-order valence-electron chi connectivity index (χ0n) is 35.4. The van der Waals surface area contributed by atoms with Crippen molar-refractivity contribution in [3.63, 3.8) is 0 Å². The molecular weight excluding hydrogens is 974 g/mol. The third kappa shape index (κ3) is 10.9.